The first kappa shape index (κ1) is 16.6. The van der Waals surface area contributed by atoms with E-state index in [9.17, 15) is 22.0 Å². The highest BCUT2D eigenvalue weighted by atomic mass is 32.1. The third-order valence-electron chi connectivity index (χ3n) is 2.87. The second kappa shape index (κ2) is 6.56. The Hall–Kier alpha value is -1.76. The molecule has 0 fully saturated rings. The van der Waals surface area contributed by atoms with Crippen LogP contribution in [-0.4, -0.2) is 13.0 Å². The van der Waals surface area contributed by atoms with Crippen LogP contribution in [0.2, 0.25) is 0 Å². The van der Waals surface area contributed by atoms with Crippen molar-refractivity contribution in [2.45, 2.75) is 17.5 Å². The van der Waals surface area contributed by atoms with Crippen LogP contribution in [0, 0.1) is 0 Å². The number of benzene rings is 2. The maximum atomic E-state index is 13.2. The molecule has 2 aromatic carbocycles. The van der Waals surface area contributed by atoms with E-state index in [0.717, 1.165) is 12.1 Å². The minimum Gasteiger partial charge on any atom is -0.487 e. The molecule has 7 heteroatoms. The monoisotopic (exact) mass is 334 g/mol. The first-order valence-corrected chi connectivity index (χ1v) is 6.65. The molecule has 0 atom stereocenters. The zero-order chi connectivity index (χ0) is 16.3. The number of ether oxygens (including phenoxy) is 1. The van der Waals surface area contributed by atoms with Crippen LogP contribution in [0.1, 0.15) is 5.56 Å². The van der Waals surface area contributed by atoms with Crippen molar-refractivity contribution in [2.24, 2.45) is 0 Å². The molecule has 0 amide bonds. The predicted molar refractivity (Wildman–Crippen MR) is 75.6 cm³/mol. The van der Waals surface area contributed by atoms with Gasteiger partial charge in [-0.3, -0.25) is 0 Å². The van der Waals surface area contributed by atoms with Crippen LogP contribution in [0.25, 0.3) is 11.1 Å². The average molecular weight is 334 g/mol. The topological polar surface area (TPSA) is 9.23 Å². The van der Waals surface area contributed by atoms with Crippen LogP contribution in [0.5, 0.6) is 5.75 Å². The molecule has 0 bridgehead atoms. The first-order chi connectivity index (χ1) is 10.3. The van der Waals surface area contributed by atoms with Crippen LogP contribution < -0.4 is 4.74 Å². The quantitative estimate of drug-likeness (QED) is 0.589. The van der Waals surface area contributed by atoms with Crippen LogP contribution >= 0.6 is 12.6 Å². The summed E-state index contributed by atoms with van der Waals surface area (Å²) in [7, 11) is 0. The summed E-state index contributed by atoms with van der Waals surface area (Å²) >= 11 is 4.14. The standard InChI is InChI=1S/C15H11F5OS/c16-13(17)8-21-11-6-3-5-10(15(18,19)20)14(11)9-4-1-2-7-12(9)22/h1-7,13,22H,8H2. The van der Waals surface area contributed by atoms with Gasteiger partial charge in [-0.25, -0.2) is 8.78 Å². The third kappa shape index (κ3) is 3.71. The maximum Gasteiger partial charge on any atom is 0.417 e. The smallest absolute Gasteiger partial charge is 0.417 e. The average Bonchev–Trinajstić information content (AvgIpc) is 2.44. The molecule has 0 aliphatic rings. The molecule has 0 saturated heterocycles. The van der Waals surface area contributed by atoms with Gasteiger partial charge in [-0.1, -0.05) is 24.3 Å². The predicted octanol–water partition coefficient (Wildman–Crippen LogP) is 5.31. The van der Waals surface area contributed by atoms with Crippen LogP contribution in [0.4, 0.5) is 22.0 Å². The second-order valence-corrected chi connectivity index (χ2v) is 4.88. The van der Waals surface area contributed by atoms with Crippen molar-refractivity contribution in [1.29, 1.82) is 0 Å². The Kier molecular flexibility index (Phi) is 4.95. The number of rotatable bonds is 4. The Balaban J connectivity index is 2.63. The van der Waals surface area contributed by atoms with Gasteiger partial charge in [0.25, 0.3) is 6.43 Å². The van der Waals surface area contributed by atoms with Gasteiger partial charge in [0.15, 0.2) is 0 Å². The van der Waals surface area contributed by atoms with Crippen LogP contribution in [-0.2, 0) is 6.18 Å². The van der Waals surface area contributed by atoms with Crippen molar-refractivity contribution in [3.8, 4) is 16.9 Å². The van der Waals surface area contributed by atoms with Gasteiger partial charge in [-0.15, -0.1) is 12.6 Å². The fourth-order valence-corrected chi connectivity index (χ4v) is 2.28. The molecule has 0 aromatic heterocycles. The second-order valence-electron chi connectivity index (χ2n) is 4.40. The number of hydrogen-bond acceptors (Lipinski definition) is 2. The van der Waals surface area contributed by atoms with Gasteiger partial charge in [0.2, 0.25) is 0 Å². The molecule has 0 heterocycles. The van der Waals surface area contributed by atoms with E-state index in [1.165, 1.54) is 18.2 Å². The molecule has 22 heavy (non-hydrogen) atoms. The molecule has 2 aromatic rings. The van der Waals surface area contributed by atoms with E-state index in [4.69, 9.17) is 4.74 Å². The summed E-state index contributed by atoms with van der Waals surface area (Å²) in [6.07, 6.45) is -7.43. The summed E-state index contributed by atoms with van der Waals surface area (Å²) in [5.41, 5.74) is -1.08. The lowest BCUT2D eigenvalue weighted by atomic mass is 9.98. The van der Waals surface area contributed by atoms with E-state index in [0.29, 0.717) is 4.90 Å². The summed E-state index contributed by atoms with van der Waals surface area (Å²) in [5, 5.41) is 0. The molecule has 0 N–H and O–H groups in total. The zero-order valence-electron chi connectivity index (χ0n) is 11.1. The van der Waals surface area contributed by atoms with Crippen LogP contribution in [0.3, 0.4) is 0 Å². The lowest BCUT2D eigenvalue weighted by Crippen LogP contribution is -2.12. The Morgan fingerprint density at radius 1 is 1.00 bits per heavy atom. The van der Waals surface area contributed by atoms with Gasteiger partial charge in [-0.2, -0.15) is 13.2 Å². The van der Waals surface area contributed by atoms with Crippen LogP contribution in [0.15, 0.2) is 47.4 Å². The highest BCUT2D eigenvalue weighted by molar-refractivity contribution is 7.80. The molecular formula is C15H11F5OS. The zero-order valence-corrected chi connectivity index (χ0v) is 12.0. The summed E-state index contributed by atoms with van der Waals surface area (Å²) in [6, 6.07) is 9.33. The van der Waals surface area contributed by atoms with E-state index in [2.05, 4.69) is 12.6 Å². The Bertz CT molecular complexity index is 655. The molecule has 0 aliphatic carbocycles. The summed E-state index contributed by atoms with van der Waals surface area (Å²) in [5.74, 6) is -0.253. The normalized spacial score (nSPS) is 11.8. The largest absolute Gasteiger partial charge is 0.487 e. The molecule has 1 nitrogen and oxygen atoms in total. The molecule has 0 radical (unpaired) electrons. The lowest BCUT2D eigenvalue weighted by molar-refractivity contribution is -0.137. The first-order valence-electron chi connectivity index (χ1n) is 6.20. The van der Waals surface area contributed by atoms with Gasteiger partial charge in [0.1, 0.15) is 12.4 Å². The Labute approximate surface area is 129 Å². The minimum absolute atomic E-state index is 0.169. The van der Waals surface area contributed by atoms with Gasteiger partial charge in [0, 0.05) is 10.5 Å². The molecule has 0 aliphatic heterocycles. The van der Waals surface area contributed by atoms with Gasteiger partial charge < -0.3 is 4.74 Å². The van der Waals surface area contributed by atoms with E-state index in [1.807, 2.05) is 0 Å². The maximum absolute atomic E-state index is 13.2. The summed E-state index contributed by atoms with van der Waals surface area (Å²) in [6.45, 7) is -0.983. The third-order valence-corrected chi connectivity index (χ3v) is 3.26. The molecule has 0 spiro atoms. The van der Waals surface area contributed by atoms with E-state index < -0.39 is 24.8 Å². The molecule has 118 valence electrons. The van der Waals surface area contributed by atoms with E-state index in [1.54, 1.807) is 12.1 Å². The molecule has 2 rings (SSSR count). The Morgan fingerprint density at radius 2 is 1.68 bits per heavy atom. The van der Waals surface area contributed by atoms with Gasteiger partial charge in [-0.05, 0) is 23.8 Å². The molecular weight excluding hydrogens is 323 g/mol. The Morgan fingerprint density at radius 3 is 2.27 bits per heavy atom. The van der Waals surface area contributed by atoms with Crippen molar-refractivity contribution in [3.05, 3.63) is 48.0 Å². The minimum atomic E-state index is -4.64. The fourth-order valence-electron chi connectivity index (χ4n) is 2.00. The molecule has 0 saturated carbocycles. The molecule has 0 unspecified atom stereocenters. The number of thiol groups is 1. The fraction of sp³-hybridized carbons (Fsp3) is 0.200. The highest BCUT2D eigenvalue weighted by Crippen LogP contribution is 2.43. The highest BCUT2D eigenvalue weighted by Gasteiger charge is 2.35. The van der Waals surface area contributed by atoms with Crippen molar-refractivity contribution in [2.75, 3.05) is 6.61 Å². The van der Waals surface area contributed by atoms with Crippen molar-refractivity contribution < 1.29 is 26.7 Å². The van der Waals surface area contributed by atoms with Crippen molar-refractivity contribution in [3.63, 3.8) is 0 Å². The van der Waals surface area contributed by atoms with Crippen molar-refractivity contribution >= 4 is 12.6 Å². The summed E-state index contributed by atoms with van der Waals surface area (Å²) < 4.78 is 69.1. The van der Waals surface area contributed by atoms with Crippen molar-refractivity contribution in [1.82, 2.24) is 0 Å². The SMILES string of the molecule is FC(F)COc1cccc(C(F)(F)F)c1-c1ccccc1S. The van der Waals surface area contributed by atoms with Gasteiger partial charge in [0.05, 0.1) is 5.56 Å². The van der Waals surface area contributed by atoms with Gasteiger partial charge >= 0.3 is 6.18 Å². The summed E-state index contributed by atoms with van der Waals surface area (Å²) in [4.78, 5) is 0.293. The van der Waals surface area contributed by atoms with E-state index >= 15 is 0 Å². The lowest BCUT2D eigenvalue weighted by Gasteiger charge is -2.18. The number of alkyl halides is 5. The number of hydrogen-bond donors (Lipinski definition) is 1. The van der Waals surface area contributed by atoms with E-state index in [-0.39, 0.29) is 16.9 Å². The number of halogens is 5.